The van der Waals surface area contributed by atoms with Crippen molar-refractivity contribution >= 4 is 5.78 Å². The van der Waals surface area contributed by atoms with Gasteiger partial charge in [0.25, 0.3) is 0 Å². The van der Waals surface area contributed by atoms with Crippen LogP contribution in [0.25, 0.3) is 0 Å². The van der Waals surface area contributed by atoms with Gasteiger partial charge in [0.1, 0.15) is 17.4 Å². The molecule has 0 saturated carbocycles. The van der Waals surface area contributed by atoms with Crippen molar-refractivity contribution < 1.29 is 18.1 Å². The Balaban J connectivity index is 2.09. The lowest BCUT2D eigenvalue weighted by molar-refractivity contribution is -0.118. The quantitative estimate of drug-likeness (QED) is 0.834. The highest BCUT2D eigenvalue weighted by Crippen LogP contribution is 2.13. The Hall–Kier alpha value is -2.11. The summed E-state index contributed by atoms with van der Waals surface area (Å²) in [7, 11) is 0. The lowest BCUT2D eigenvalue weighted by atomic mass is 10.1. The molecule has 0 aliphatic carbocycles. The molecule has 0 unspecified atom stereocenters. The molecule has 0 fully saturated rings. The monoisotopic (exact) mass is 266 g/mol. The Kier molecular flexibility index (Phi) is 3.99. The van der Waals surface area contributed by atoms with E-state index in [0.717, 1.165) is 6.07 Å². The largest absolute Gasteiger partial charge is 0.339 e. The van der Waals surface area contributed by atoms with Gasteiger partial charge in [-0.2, -0.15) is 4.98 Å². The van der Waals surface area contributed by atoms with Gasteiger partial charge >= 0.3 is 0 Å². The molecule has 0 atom stereocenters. The SMILES string of the molecule is CCC(=O)Cc1nc(Cc2ccc(F)cc2F)no1. The third-order valence-electron chi connectivity index (χ3n) is 2.62. The number of carbonyl (C=O) groups excluding carboxylic acids is 1. The van der Waals surface area contributed by atoms with Crippen LogP contribution in [0.5, 0.6) is 0 Å². The molecule has 0 radical (unpaired) electrons. The maximum absolute atomic E-state index is 13.4. The lowest BCUT2D eigenvalue weighted by Gasteiger charge is -1.98. The number of nitrogens with zero attached hydrogens (tertiary/aromatic N) is 2. The van der Waals surface area contributed by atoms with Crippen LogP contribution in [0.4, 0.5) is 8.78 Å². The summed E-state index contributed by atoms with van der Waals surface area (Å²) in [4.78, 5) is 15.2. The Morgan fingerprint density at radius 3 is 2.84 bits per heavy atom. The van der Waals surface area contributed by atoms with E-state index in [1.54, 1.807) is 6.92 Å². The fourth-order valence-corrected chi connectivity index (χ4v) is 1.56. The van der Waals surface area contributed by atoms with Crippen molar-refractivity contribution in [3.05, 3.63) is 47.1 Å². The third-order valence-corrected chi connectivity index (χ3v) is 2.62. The van der Waals surface area contributed by atoms with Crippen molar-refractivity contribution in [1.29, 1.82) is 0 Å². The summed E-state index contributed by atoms with van der Waals surface area (Å²) in [5.41, 5.74) is 0.274. The summed E-state index contributed by atoms with van der Waals surface area (Å²) >= 11 is 0. The van der Waals surface area contributed by atoms with Gasteiger partial charge in [0.15, 0.2) is 5.82 Å². The van der Waals surface area contributed by atoms with Crippen molar-refractivity contribution in [2.45, 2.75) is 26.2 Å². The van der Waals surface area contributed by atoms with E-state index in [9.17, 15) is 13.6 Å². The molecular weight excluding hydrogens is 254 g/mol. The summed E-state index contributed by atoms with van der Waals surface area (Å²) in [6.45, 7) is 1.74. The highest BCUT2D eigenvalue weighted by molar-refractivity contribution is 5.79. The molecule has 19 heavy (non-hydrogen) atoms. The number of halogens is 2. The van der Waals surface area contributed by atoms with Crippen LogP contribution in [-0.2, 0) is 17.6 Å². The van der Waals surface area contributed by atoms with Gasteiger partial charge in [-0.1, -0.05) is 18.1 Å². The fourth-order valence-electron chi connectivity index (χ4n) is 1.56. The van der Waals surface area contributed by atoms with Crippen LogP contribution in [0.15, 0.2) is 22.7 Å². The van der Waals surface area contributed by atoms with Gasteiger partial charge < -0.3 is 4.52 Å². The Morgan fingerprint density at radius 1 is 1.37 bits per heavy atom. The summed E-state index contributed by atoms with van der Waals surface area (Å²) in [6, 6.07) is 3.30. The lowest BCUT2D eigenvalue weighted by Crippen LogP contribution is -2.01. The Labute approximate surface area is 108 Å². The van der Waals surface area contributed by atoms with Gasteiger partial charge in [0, 0.05) is 18.9 Å². The molecule has 1 heterocycles. The summed E-state index contributed by atoms with van der Waals surface area (Å²) in [5, 5.41) is 3.66. The molecule has 2 rings (SSSR count). The average molecular weight is 266 g/mol. The summed E-state index contributed by atoms with van der Waals surface area (Å²) < 4.78 is 31.1. The summed E-state index contributed by atoms with van der Waals surface area (Å²) in [6.07, 6.45) is 0.565. The predicted octanol–water partition coefficient (Wildman–Crippen LogP) is 2.46. The van der Waals surface area contributed by atoms with E-state index in [0.29, 0.717) is 6.42 Å². The molecule has 0 aliphatic rings. The highest BCUT2D eigenvalue weighted by Gasteiger charge is 2.12. The molecule has 0 spiro atoms. The van der Waals surface area contributed by atoms with Crippen molar-refractivity contribution in [2.75, 3.05) is 0 Å². The molecular formula is C13H12F2N2O2. The maximum Gasteiger partial charge on any atom is 0.234 e. The number of rotatable bonds is 5. The van der Waals surface area contributed by atoms with Crippen molar-refractivity contribution in [2.24, 2.45) is 0 Å². The Morgan fingerprint density at radius 2 is 2.16 bits per heavy atom. The zero-order valence-corrected chi connectivity index (χ0v) is 10.3. The van der Waals surface area contributed by atoms with Gasteiger partial charge in [-0.15, -0.1) is 0 Å². The van der Waals surface area contributed by atoms with Gasteiger partial charge in [0.05, 0.1) is 6.42 Å². The molecule has 0 saturated heterocycles. The normalized spacial score (nSPS) is 10.7. The zero-order chi connectivity index (χ0) is 13.8. The standard InChI is InChI=1S/C13H12F2N2O2/c1-2-10(18)7-13-16-12(17-19-13)5-8-3-4-9(14)6-11(8)15/h3-4,6H,2,5,7H2,1H3. The minimum atomic E-state index is -0.656. The smallest absolute Gasteiger partial charge is 0.234 e. The summed E-state index contributed by atoms with van der Waals surface area (Å²) in [5.74, 6) is -0.823. The van der Waals surface area contributed by atoms with Crippen LogP contribution in [0.2, 0.25) is 0 Å². The number of hydrogen-bond donors (Lipinski definition) is 0. The second kappa shape index (κ2) is 5.69. The van der Waals surface area contributed by atoms with Crippen LogP contribution in [0, 0.1) is 11.6 Å². The van der Waals surface area contributed by atoms with E-state index in [4.69, 9.17) is 4.52 Å². The molecule has 6 heteroatoms. The first-order valence-corrected chi connectivity index (χ1v) is 5.85. The van der Waals surface area contributed by atoms with E-state index in [2.05, 4.69) is 10.1 Å². The second-order valence-electron chi connectivity index (χ2n) is 4.09. The Bertz CT molecular complexity index is 596. The van der Waals surface area contributed by atoms with Crippen molar-refractivity contribution in [3.63, 3.8) is 0 Å². The minimum Gasteiger partial charge on any atom is -0.339 e. The van der Waals surface area contributed by atoms with Crippen LogP contribution < -0.4 is 0 Å². The van der Waals surface area contributed by atoms with E-state index in [1.165, 1.54) is 12.1 Å². The molecule has 100 valence electrons. The van der Waals surface area contributed by atoms with Crippen molar-refractivity contribution in [3.8, 4) is 0 Å². The number of carbonyl (C=O) groups is 1. The number of benzene rings is 1. The van der Waals surface area contributed by atoms with E-state index in [1.807, 2.05) is 0 Å². The average Bonchev–Trinajstić information content (AvgIpc) is 2.80. The topological polar surface area (TPSA) is 56.0 Å². The van der Waals surface area contributed by atoms with Gasteiger partial charge in [-0.3, -0.25) is 4.79 Å². The molecule has 1 aromatic heterocycles. The number of ketones is 1. The van der Waals surface area contributed by atoms with E-state index in [-0.39, 0.29) is 35.9 Å². The van der Waals surface area contributed by atoms with Crippen LogP contribution >= 0.6 is 0 Å². The number of hydrogen-bond acceptors (Lipinski definition) is 4. The van der Waals surface area contributed by atoms with Gasteiger partial charge in [0.2, 0.25) is 5.89 Å². The second-order valence-corrected chi connectivity index (χ2v) is 4.09. The number of Topliss-reactive ketones (excluding diaryl/α,β-unsaturated/α-hetero) is 1. The zero-order valence-electron chi connectivity index (χ0n) is 10.3. The molecule has 2 aromatic rings. The molecule has 1 aromatic carbocycles. The first-order valence-electron chi connectivity index (χ1n) is 5.85. The fraction of sp³-hybridized carbons (Fsp3) is 0.308. The molecule has 4 nitrogen and oxygen atoms in total. The van der Waals surface area contributed by atoms with Crippen LogP contribution in [0.1, 0.15) is 30.6 Å². The first kappa shape index (κ1) is 13.3. The van der Waals surface area contributed by atoms with Crippen LogP contribution in [-0.4, -0.2) is 15.9 Å². The van der Waals surface area contributed by atoms with Gasteiger partial charge in [-0.05, 0) is 11.6 Å². The predicted molar refractivity (Wildman–Crippen MR) is 62.5 cm³/mol. The molecule has 0 amide bonds. The molecule has 0 N–H and O–H groups in total. The van der Waals surface area contributed by atoms with E-state index < -0.39 is 11.6 Å². The van der Waals surface area contributed by atoms with Crippen molar-refractivity contribution in [1.82, 2.24) is 10.1 Å². The molecule has 0 bridgehead atoms. The maximum atomic E-state index is 13.4. The first-order chi connectivity index (χ1) is 9.08. The van der Waals surface area contributed by atoms with E-state index >= 15 is 0 Å². The molecule has 0 aliphatic heterocycles. The van der Waals surface area contributed by atoms with Gasteiger partial charge in [-0.25, -0.2) is 8.78 Å². The highest BCUT2D eigenvalue weighted by atomic mass is 19.1. The minimum absolute atomic E-state index is 0.0110. The number of aromatic nitrogens is 2. The van der Waals surface area contributed by atoms with Crippen LogP contribution in [0.3, 0.4) is 0 Å². The third kappa shape index (κ3) is 3.43.